The van der Waals surface area contributed by atoms with Crippen molar-refractivity contribution in [2.24, 2.45) is 11.3 Å². The number of nitrogens with zero attached hydrogens (tertiary/aromatic N) is 2. The number of hydrogen-bond acceptors (Lipinski definition) is 10. The van der Waals surface area contributed by atoms with Crippen LogP contribution in [0.2, 0.25) is 0 Å². The number of aromatic amines is 1. The third-order valence-corrected chi connectivity index (χ3v) is 8.91. The fourth-order valence-electron chi connectivity index (χ4n) is 4.91. The predicted octanol–water partition coefficient (Wildman–Crippen LogP) is 2.44. The summed E-state index contributed by atoms with van der Waals surface area (Å²) in [6.45, 7) is 11.1. The van der Waals surface area contributed by atoms with Crippen molar-refractivity contribution in [1.82, 2.24) is 30.2 Å². The topological polar surface area (TPSA) is 210 Å². The van der Waals surface area contributed by atoms with Crippen LogP contribution in [0.5, 0.6) is 0 Å². The first-order valence-corrected chi connectivity index (χ1v) is 16.7. The summed E-state index contributed by atoms with van der Waals surface area (Å²) in [7, 11) is -2.38. The predicted molar refractivity (Wildman–Crippen MR) is 180 cm³/mol. The second kappa shape index (κ2) is 17.9. The molecule has 0 bridgehead atoms. The lowest BCUT2D eigenvalue weighted by atomic mass is 9.85. The molecule has 3 rings (SSSR count). The molecule has 3 atom stereocenters. The minimum absolute atomic E-state index is 0.0325. The number of benzene rings is 2. The monoisotopic (exact) mass is 675 g/mol. The average molecular weight is 676 g/mol. The molecule has 0 fully saturated rings. The van der Waals surface area contributed by atoms with Crippen molar-refractivity contribution in [3.8, 4) is 0 Å². The Hall–Kier alpha value is -3.89. The van der Waals surface area contributed by atoms with Gasteiger partial charge in [0.1, 0.15) is 11.9 Å². The number of H-pyrrole nitrogens is 1. The maximum absolute atomic E-state index is 13.9. The standard InChI is InChI=1S/C31H46N6O5S.CH3NO2/c1-20(2)18-37(43(41,42)23-13-14-24-25(16-23)34-21(3)33-24)19-27(38)26(15-22-11-9-8-10-12-22)35-30(40)29(31(4,5)6)36-28(39)17-32-7;2-1-4-3/h8-14,16,20,26-27,29,32,38H,15,17-19H2,1-7H3,(H,33,34)(H,35,40)(H,36,39);1-3H/t26-,27?,29+;/m0./s1. The molecule has 14 nitrogen and oxygen atoms in total. The summed E-state index contributed by atoms with van der Waals surface area (Å²) in [4.78, 5) is 36.7. The lowest BCUT2D eigenvalue weighted by Gasteiger charge is -2.34. The number of aromatic nitrogens is 2. The largest absolute Gasteiger partial charge is 0.390 e. The minimum Gasteiger partial charge on any atom is -0.390 e. The van der Waals surface area contributed by atoms with Gasteiger partial charge in [0, 0.05) is 13.1 Å². The van der Waals surface area contributed by atoms with Crippen LogP contribution in [-0.2, 0) is 30.9 Å². The van der Waals surface area contributed by atoms with Gasteiger partial charge in [-0.15, -0.1) is 0 Å². The van der Waals surface area contributed by atoms with E-state index in [9.17, 15) is 23.1 Å². The van der Waals surface area contributed by atoms with Crippen LogP contribution in [-0.4, -0.2) is 96.1 Å². The molecule has 0 saturated carbocycles. The normalized spacial score (nSPS) is 13.8. The van der Waals surface area contributed by atoms with Crippen LogP contribution in [0.4, 0.5) is 0 Å². The molecule has 7 N–H and O–H groups in total. The lowest BCUT2D eigenvalue weighted by Crippen LogP contribution is -2.59. The van der Waals surface area contributed by atoms with E-state index >= 15 is 0 Å². The molecule has 15 heteroatoms. The highest BCUT2D eigenvalue weighted by Crippen LogP contribution is 2.24. The summed E-state index contributed by atoms with van der Waals surface area (Å²) in [6.07, 6.45) is -0.575. The van der Waals surface area contributed by atoms with Crippen LogP contribution < -0.4 is 16.0 Å². The van der Waals surface area contributed by atoms with Crippen LogP contribution in [0.15, 0.2) is 53.4 Å². The summed E-state index contributed by atoms with van der Waals surface area (Å²) >= 11 is 0. The Bertz CT molecular complexity index is 1560. The maximum Gasteiger partial charge on any atom is 0.243 e. The van der Waals surface area contributed by atoms with E-state index in [0.29, 0.717) is 23.3 Å². The number of sulfonamides is 1. The average Bonchev–Trinajstić information content (AvgIpc) is 3.38. The molecule has 2 aromatic carbocycles. The number of nitrogens with one attached hydrogen (secondary N) is 5. The summed E-state index contributed by atoms with van der Waals surface area (Å²) in [6, 6.07) is 12.3. The summed E-state index contributed by atoms with van der Waals surface area (Å²) < 4.78 is 29.1. The molecule has 1 heterocycles. The number of likely N-dealkylation sites (N-methyl/N-ethyl adjacent to an activating group) is 1. The van der Waals surface area contributed by atoms with E-state index in [-0.39, 0.29) is 42.8 Å². The van der Waals surface area contributed by atoms with Crippen molar-refractivity contribution in [3.05, 3.63) is 59.9 Å². The highest BCUT2D eigenvalue weighted by Gasteiger charge is 2.36. The van der Waals surface area contributed by atoms with Crippen molar-refractivity contribution in [3.63, 3.8) is 0 Å². The summed E-state index contributed by atoms with van der Waals surface area (Å²) in [5.74, 6) is -0.157. The summed E-state index contributed by atoms with van der Waals surface area (Å²) in [5.41, 5.74) is 1.49. The van der Waals surface area contributed by atoms with Crippen LogP contribution >= 0.6 is 0 Å². The number of rotatable bonds is 15. The second-order valence-electron chi connectivity index (χ2n) is 12.7. The third kappa shape index (κ3) is 12.0. The number of hydrogen-bond donors (Lipinski definition) is 7. The fraction of sp³-hybridized carbons (Fsp3) is 0.500. The number of aryl methyl sites for hydroxylation is 1. The van der Waals surface area contributed by atoms with E-state index in [2.05, 4.69) is 30.8 Å². The number of imidazole rings is 1. The Labute approximate surface area is 276 Å². The Morgan fingerprint density at radius 1 is 1.11 bits per heavy atom. The van der Waals surface area contributed by atoms with E-state index < -0.39 is 39.5 Å². The minimum atomic E-state index is -4.02. The van der Waals surface area contributed by atoms with Gasteiger partial charge >= 0.3 is 0 Å². The van der Waals surface area contributed by atoms with Crippen molar-refractivity contribution >= 4 is 39.3 Å². The van der Waals surface area contributed by atoms with Gasteiger partial charge in [-0.3, -0.25) is 15.0 Å². The molecule has 1 unspecified atom stereocenters. The zero-order chi connectivity index (χ0) is 35.4. The molecule has 0 radical (unpaired) electrons. The van der Waals surface area contributed by atoms with Crippen LogP contribution in [0.1, 0.15) is 46.0 Å². The van der Waals surface area contributed by atoms with Gasteiger partial charge < -0.3 is 30.9 Å². The first-order valence-electron chi connectivity index (χ1n) is 15.2. The van der Waals surface area contributed by atoms with Gasteiger partial charge in [0.2, 0.25) is 28.2 Å². The van der Waals surface area contributed by atoms with Crippen molar-refractivity contribution in [2.45, 2.75) is 71.0 Å². The molecule has 0 saturated heterocycles. The fourth-order valence-corrected chi connectivity index (χ4v) is 6.55. The van der Waals surface area contributed by atoms with E-state index in [1.54, 1.807) is 26.1 Å². The van der Waals surface area contributed by atoms with Gasteiger partial charge in [0.25, 0.3) is 0 Å². The zero-order valence-electron chi connectivity index (χ0n) is 28.1. The van der Waals surface area contributed by atoms with E-state index in [1.165, 1.54) is 10.4 Å². The number of carbonyl (C=O) groups excluding carboxylic acids is 2. The Kier molecular flexibility index (Phi) is 14.9. The second-order valence-corrected chi connectivity index (χ2v) is 14.6. The first kappa shape index (κ1) is 39.3. The Morgan fingerprint density at radius 2 is 1.74 bits per heavy atom. The van der Waals surface area contributed by atoms with Crippen LogP contribution in [0.3, 0.4) is 0 Å². The molecular weight excluding hydrogens is 626 g/mol. The maximum atomic E-state index is 13.9. The summed E-state index contributed by atoms with van der Waals surface area (Å²) in [5, 5.41) is 33.1. The van der Waals surface area contributed by atoms with Crippen LogP contribution in [0.25, 0.3) is 11.0 Å². The molecule has 0 aliphatic heterocycles. The van der Waals surface area contributed by atoms with Crippen molar-refractivity contribution in [2.75, 3.05) is 26.7 Å². The third-order valence-electron chi connectivity index (χ3n) is 7.08. The molecule has 260 valence electrons. The number of fused-ring (bicyclic) bond motifs is 1. The molecular formula is C32H49N7O7S. The number of carbonyl (C=O) groups is 2. The number of aliphatic hydroxyl groups excluding tert-OH is 1. The quantitative estimate of drug-likeness (QED) is 0.0545. The van der Waals surface area contributed by atoms with Gasteiger partial charge in [0.05, 0.1) is 34.6 Å². The van der Waals surface area contributed by atoms with Gasteiger partial charge in [0.15, 0.2) is 0 Å². The van der Waals surface area contributed by atoms with E-state index in [4.69, 9.17) is 10.7 Å². The Morgan fingerprint density at radius 3 is 2.30 bits per heavy atom. The molecule has 47 heavy (non-hydrogen) atoms. The first-order chi connectivity index (χ1) is 22.0. The zero-order valence-corrected chi connectivity index (χ0v) is 28.9. The highest BCUT2D eigenvalue weighted by molar-refractivity contribution is 7.89. The van der Waals surface area contributed by atoms with Gasteiger partial charge in [-0.2, -0.15) is 4.31 Å². The van der Waals surface area contributed by atoms with Crippen molar-refractivity contribution in [1.29, 1.82) is 5.41 Å². The van der Waals surface area contributed by atoms with Gasteiger partial charge in [-0.1, -0.05) is 65.0 Å². The number of amides is 2. The van der Waals surface area contributed by atoms with Gasteiger partial charge in [-0.05, 0) is 55.5 Å². The molecule has 1 aromatic heterocycles. The molecule has 2 amide bonds. The van der Waals surface area contributed by atoms with E-state index in [0.717, 1.165) is 5.56 Å². The van der Waals surface area contributed by atoms with E-state index in [1.807, 2.05) is 65.0 Å². The smallest absolute Gasteiger partial charge is 0.243 e. The molecule has 0 aliphatic rings. The van der Waals surface area contributed by atoms with Crippen LogP contribution in [0, 0.1) is 23.7 Å². The van der Waals surface area contributed by atoms with Crippen molar-refractivity contribution < 1.29 is 33.3 Å². The molecule has 3 aromatic rings. The van der Waals surface area contributed by atoms with Gasteiger partial charge in [-0.25, -0.2) is 18.7 Å². The highest BCUT2D eigenvalue weighted by atomic mass is 32.2. The Balaban J connectivity index is 0.00000181. The SMILES string of the molecule is CNCC(=O)N[C@H](C(=O)N[C@@H](Cc1ccccc1)C(O)CN(CC(C)C)S(=O)(=O)c1ccc2nc(C)[nH]c2c1)C(C)(C)C.N=COO. The molecule has 0 spiro atoms. The molecule has 0 aliphatic carbocycles. The lowest BCUT2D eigenvalue weighted by molar-refractivity contribution is -0.148. The number of aliphatic hydroxyl groups is 1.